The largest absolute Gasteiger partial charge is 0.453 e. The molecular weight excluding hydrogens is 859 g/mol. The molecule has 2 saturated heterocycles. The SMILES string of the molecule is COC(=O)NC(C(=O)N1CCCC1c1nc2ccc(-c3cnc(-c4ccc(-c5cnc(C6CCCN6C(O)C(NC(=O)OC)C(C)C)[nH]5)c5c4CCC5)c4c3CC3(CCCC3)C4)cc2[nH]1)C(C)C. The lowest BCUT2D eigenvalue weighted by atomic mass is 9.82. The van der Waals surface area contributed by atoms with Crippen LogP contribution >= 0.6 is 0 Å². The number of hydrogen-bond donors (Lipinski definition) is 5. The third kappa shape index (κ3) is 8.32. The van der Waals surface area contributed by atoms with Crippen molar-refractivity contribution in [2.24, 2.45) is 17.3 Å². The van der Waals surface area contributed by atoms with Gasteiger partial charge in [0.05, 0.1) is 61.0 Å². The fourth-order valence-electron chi connectivity index (χ4n) is 12.5. The minimum Gasteiger partial charge on any atom is -0.453 e. The molecular formula is C53H67N9O6. The van der Waals surface area contributed by atoms with Crippen molar-refractivity contribution in [1.82, 2.24) is 45.4 Å². The summed E-state index contributed by atoms with van der Waals surface area (Å²) < 4.78 is 9.72. The molecule has 5 atom stereocenters. The maximum absolute atomic E-state index is 13.9. The van der Waals surface area contributed by atoms with Crippen molar-refractivity contribution in [1.29, 1.82) is 0 Å². The molecule has 10 rings (SSSR count). The Morgan fingerprint density at radius 3 is 2.21 bits per heavy atom. The first-order valence-corrected chi connectivity index (χ1v) is 25.0. The zero-order chi connectivity index (χ0) is 47.4. The monoisotopic (exact) mass is 926 g/mol. The Morgan fingerprint density at radius 2 is 1.46 bits per heavy atom. The van der Waals surface area contributed by atoms with E-state index in [-0.39, 0.29) is 35.2 Å². The van der Waals surface area contributed by atoms with Gasteiger partial charge < -0.3 is 40.1 Å². The highest BCUT2D eigenvalue weighted by molar-refractivity contribution is 5.88. The summed E-state index contributed by atoms with van der Waals surface area (Å²) in [5.74, 6) is 1.36. The van der Waals surface area contributed by atoms with Crippen molar-refractivity contribution in [2.75, 3.05) is 27.3 Å². The van der Waals surface area contributed by atoms with Gasteiger partial charge in [-0.1, -0.05) is 58.7 Å². The Kier molecular flexibility index (Phi) is 12.6. The number of aliphatic hydroxyl groups excluding tert-OH is 1. The lowest BCUT2D eigenvalue weighted by Gasteiger charge is -2.35. The van der Waals surface area contributed by atoms with E-state index in [0.29, 0.717) is 13.1 Å². The van der Waals surface area contributed by atoms with Crippen molar-refractivity contribution < 1.29 is 29.0 Å². The molecule has 3 aliphatic carbocycles. The Morgan fingerprint density at radius 1 is 0.750 bits per heavy atom. The molecule has 1 saturated carbocycles. The summed E-state index contributed by atoms with van der Waals surface area (Å²) in [6.07, 6.45) is 15.6. The zero-order valence-electron chi connectivity index (χ0n) is 40.4. The molecule has 3 fully saturated rings. The predicted octanol–water partition coefficient (Wildman–Crippen LogP) is 8.71. The number of likely N-dealkylation sites (tertiary alicyclic amines) is 2. The number of hydrogen-bond acceptors (Lipinski definition) is 10. The average molecular weight is 926 g/mol. The summed E-state index contributed by atoms with van der Waals surface area (Å²) >= 11 is 0. The van der Waals surface area contributed by atoms with E-state index >= 15 is 0 Å². The highest BCUT2D eigenvalue weighted by atomic mass is 16.5. The maximum Gasteiger partial charge on any atom is 0.407 e. The summed E-state index contributed by atoms with van der Waals surface area (Å²) in [7, 11) is 2.65. The first-order chi connectivity index (χ1) is 32.9. The van der Waals surface area contributed by atoms with Crippen LogP contribution < -0.4 is 10.6 Å². The molecule has 3 amide bonds. The van der Waals surface area contributed by atoms with Gasteiger partial charge in [-0.2, -0.15) is 0 Å². The van der Waals surface area contributed by atoms with E-state index in [9.17, 15) is 19.5 Å². The summed E-state index contributed by atoms with van der Waals surface area (Å²) in [6, 6.07) is 9.52. The van der Waals surface area contributed by atoms with Gasteiger partial charge in [0.25, 0.3) is 0 Å². The molecule has 15 heteroatoms. The van der Waals surface area contributed by atoms with Gasteiger partial charge in [-0.3, -0.25) is 14.7 Å². The van der Waals surface area contributed by atoms with Crippen LogP contribution in [0.4, 0.5) is 9.59 Å². The molecule has 2 aromatic carbocycles. The number of aromatic nitrogens is 5. The number of pyridine rings is 1. The van der Waals surface area contributed by atoms with Crippen LogP contribution in [-0.2, 0) is 40.0 Å². The number of imidazole rings is 2. The lowest BCUT2D eigenvalue weighted by molar-refractivity contribution is -0.135. The van der Waals surface area contributed by atoms with Crippen molar-refractivity contribution in [2.45, 2.75) is 142 Å². The lowest BCUT2D eigenvalue weighted by Crippen LogP contribution is -2.54. The summed E-state index contributed by atoms with van der Waals surface area (Å²) in [4.78, 5) is 64.8. The Hall–Kier alpha value is -5.80. The molecule has 5 N–H and O–H groups in total. The number of fused-ring (bicyclic) bond motifs is 3. The van der Waals surface area contributed by atoms with Crippen molar-refractivity contribution in [3.63, 3.8) is 0 Å². The van der Waals surface area contributed by atoms with E-state index < -0.39 is 30.5 Å². The van der Waals surface area contributed by atoms with Gasteiger partial charge >= 0.3 is 12.2 Å². The minimum absolute atomic E-state index is 0.00676. The Balaban J connectivity index is 0.945. The van der Waals surface area contributed by atoms with E-state index in [0.717, 1.165) is 97.4 Å². The van der Waals surface area contributed by atoms with E-state index in [1.165, 1.54) is 78.8 Å². The van der Waals surface area contributed by atoms with Gasteiger partial charge in [0.1, 0.15) is 23.9 Å². The average Bonchev–Trinajstić information content (AvgIpc) is 4.19. The zero-order valence-corrected chi connectivity index (χ0v) is 40.4. The minimum atomic E-state index is -0.890. The second-order valence-corrected chi connectivity index (χ2v) is 20.8. The summed E-state index contributed by atoms with van der Waals surface area (Å²) in [6.45, 7) is 9.14. The number of nitrogens with one attached hydrogen (secondary N) is 4. The van der Waals surface area contributed by atoms with Crippen molar-refractivity contribution in [3.8, 4) is 33.6 Å². The first-order valence-electron chi connectivity index (χ1n) is 25.0. The van der Waals surface area contributed by atoms with Gasteiger partial charge in [0, 0.05) is 36.0 Å². The number of carbonyl (C=O) groups excluding carboxylic acids is 3. The highest BCUT2D eigenvalue weighted by Gasteiger charge is 2.43. The number of H-pyrrole nitrogens is 2. The third-order valence-electron chi connectivity index (χ3n) is 16.0. The van der Waals surface area contributed by atoms with Crippen LogP contribution in [0.2, 0.25) is 0 Å². The normalized spacial score (nSPS) is 21.2. The van der Waals surface area contributed by atoms with Crippen LogP contribution in [-0.4, -0.2) is 104 Å². The fraction of sp³-hybridized carbons (Fsp3) is 0.547. The second-order valence-electron chi connectivity index (χ2n) is 20.8. The van der Waals surface area contributed by atoms with Gasteiger partial charge in [0.15, 0.2) is 0 Å². The molecule has 5 aliphatic rings. The van der Waals surface area contributed by atoms with Gasteiger partial charge in [0.2, 0.25) is 5.91 Å². The Bertz CT molecular complexity index is 2720. The number of ether oxygens (including phenoxy) is 2. The molecule has 2 aliphatic heterocycles. The van der Waals surface area contributed by atoms with E-state index in [4.69, 9.17) is 24.4 Å². The number of amides is 3. The molecule has 5 unspecified atom stereocenters. The summed E-state index contributed by atoms with van der Waals surface area (Å²) in [5, 5.41) is 17.2. The molecule has 3 aromatic heterocycles. The number of benzene rings is 2. The van der Waals surface area contributed by atoms with Gasteiger partial charge in [-0.05, 0) is 128 Å². The standard InChI is InChI=1S/C53H67N9O6/c1-29(2)44(59-51(65)67-5)49(63)61-22-10-14-42(61)47-55-28-41(58-47)34-17-18-35(33-13-9-12-32(33)34)46-37-26-53(20-7-8-21-53)25-36(37)38(27-54-46)31-16-19-39-40(24-31)57-48(56-39)43-15-11-23-62(43)50(64)45(30(3)4)60-52(66)68-6/h16-19,24,27-30,42-45,49,63H,7-15,20-23,25-26H2,1-6H3,(H,55,58)(H,56,57)(H,59,65)(H,60,66). The van der Waals surface area contributed by atoms with Crippen LogP contribution in [0.1, 0.15) is 131 Å². The number of aromatic amines is 2. The quantitative estimate of drug-likeness (QED) is 0.0809. The van der Waals surface area contributed by atoms with E-state index in [1.807, 2.05) is 38.8 Å². The van der Waals surface area contributed by atoms with Gasteiger partial charge in [-0.15, -0.1) is 0 Å². The van der Waals surface area contributed by atoms with E-state index in [1.54, 1.807) is 0 Å². The molecule has 5 aromatic rings. The molecule has 1 spiro atoms. The van der Waals surface area contributed by atoms with Crippen LogP contribution in [0, 0.1) is 17.3 Å². The maximum atomic E-state index is 13.9. The number of methoxy groups -OCH3 is 2. The number of alkyl carbamates (subject to hydrolysis) is 2. The second kappa shape index (κ2) is 18.6. The van der Waals surface area contributed by atoms with Gasteiger partial charge in [-0.25, -0.2) is 19.6 Å². The van der Waals surface area contributed by atoms with Crippen molar-refractivity contribution >= 4 is 29.1 Å². The highest BCUT2D eigenvalue weighted by Crippen LogP contribution is 2.53. The number of aliphatic hydroxyl groups is 1. The van der Waals surface area contributed by atoms with Crippen LogP contribution in [0.25, 0.3) is 44.7 Å². The van der Waals surface area contributed by atoms with E-state index in [2.05, 4.69) is 62.0 Å². The number of rotatable bonds is 12. The molecule has 0 bridgehead atoms. The third-order valence-corrected chi connectivity index (χ3v) is 16.0. The van der Waals surface area contributed by atoms with Crippen LogP contribution in [0.15, 0.2) is 42.7 Å². The van der Waals surface area contributed by atoms with Crippen molar-refractivity contribution in [3.05, 3.63) is 76.6 Å². The topological polar surface area (TPSA) is 191 Å². The molecule has 15 nitrogen and oxygen atoms in total. The number of carbonyl (C=O) groups is 3. The van der Waals surface area contributed by atoms with Crippen LogP contribution in [0.3, 0.4) is 0 Å². The van der Waals surface area contributed by atoms with Crippen LogP contribution in [0.5, 0.6) is 0 Å². The Labute approximate surface area is 398 Å². The summed E-state index contributed by atoms with van der Waals surface area (Å²) in [5.41, 5.74) is 14.4. The molecule has 360 valence electrons. The first kappa shape index (κ1) is 46.0. The molecule has 5 heterocycles. The predicted molar refractivity (Wildman–Crippen MR) is 259 cm³/mol. The molecule has 0 radical (unpaired) electrons. The number of nitrogens with zero attached hydrogens (tertiary/aromatic N) is 5. The fourth-order valence-corrected chi connectivity index (χ4v) is 12.5. The molecule has 68 heavy (non-hydrogen) atoms. The smallest absolute Gasteiger partial charge is 0.407 e.